The summed E-state index contributed by atoms with van der Waals surface area (Å²) >= 11 is 0. The van der Waals surface area contributed by atoms with E-state index in [1.54, 1.807) is 27.7 Å². The number of nitroso groups, excluding NO2 is 1. The van der Waals surface area contributed by atoms with E-state index < -0.39 is 11.6 Å². The second-order valence-electron chi connectivity index (χ2n) is 3.26. The van der Waals surface area contributed by atoms with E-state index in [9.17, 15) is 9.70 Å². The van der Waals surface area contributed by atoms with E-state index in [2.05, 4.69) is 10.0 Å². The number of hydrogen-bond acceptors (Lipinski definition) is 4. The van der Waals surface area contributed by atoms with Crippen molar-refractivity contribution in [3.05, 3.63) is 4.91 Å². The molecule has 0 bridgehead atoms. The van der Waals surface area contributed by atoms with Gasteiger partial charge in [-0.1, -0.05) is 0 Å². The lowest BCUT2D eigenvalue weighted by Crippen LogP contribution is -2.41. The van der Waals surface area contributed by atoms with Gasteiger partial charge < -0.3 is 4.74 Å². The van der Waals surface area contributed by atoms with Crippen LogP contribution in [-0.4, -0.2) is 23.2 Å². The summed E-state index contributed by atoms with van der Waals surface area (Å²) < 4.78 is 4.61. The van der Waals surface area contributed by atoms with Gasteiger partial charge in [-0.05, 0) is 27.7 Å². The van der Waals surface area contributed by atoms with Gasteiger partial charge in [0.2, 0.25) is 0 Å². The summed E-state index contributed by atoms with van der Waals surface area (Å²) in [5.74, 6) is 0. The highest BCUT2D eigenvalue weighted by Gasteiger charge is 2.28. The van der Waals surface area contributed by atoms with Gasteiger partial charge in [-0.15, -0.1) is 4.91 Å². The van der Waals surface area contributed by atoms with Crippen molar-refractivity contribution >= 4 is 6.09 Å². The first-order valence-electron chi connectivity index (χ1n) is 3.73. The van der Waals surface area contributed by atoms with Gasteiger partial charge in [-0.2, -0.15) is 5.01 Å². The molecule has 70 valence electrons. The molecule has 5 heteroatoms. The summed E-state index contributed by atoms with van der Waals surface area (Å²) in [5, 5.41) is 3.36. The number of carbonyl (C=O) groups is 1. The van der Waals surface area contributed by atoms with E-state index in [1.807, 2.05) is 0 Å². The molecule has 0 fully saturated rings. The molecular formula is C7H14N2O3. The van der Waals surface area contributed by atoms with Crippen LogP contribution in [0.5, 0.6) is 0 Å². The van der Waals surface area contributed by atoms with Crippen LogP contribution in [0, 0.1) is 4.91 Å². The van der Waals surface area contributed by atoms with Gasteiger partial charge >= 0.3 is 6.09 Å². The Kier molecular flexibility index (Phi) is 3.66. The maximum absolute atomic E-state index is 11.0. The fourth-order valence-corrected chi connectivity index (χ4v) is 0.614. The molecule has 0 aromatic heterocycles. The van der Waals surface area contributed by atoms with E-state index in [1.165, 1.54) is 0 Å². The van der Waals surface area contributed by atoms with E-state index in [-0.39, 0.29) is 6.61 Å². The number of hydrogen-bond donors (Lipinski definition) is 0. The van der Waals surface area contributed by atoms with Crippen LogP contribution in [0.4, 0.5) is 4.79 Å². The highest BCUT2D eigenvalue weighted by atomic mass is 16.6. The molecule has 12 heavy (non-hydrogen) atoms. The predicted molar refractivity (Wildman–Crippen MR) is 44.4 cm³/mol. The van der Waals surface area contributed by atoms with Crippen molar-refractivity contribution in [2.75, 3.05) is 6.61 Å². The van der Waals surface area contributed by atoms with Crippen molar-refractivity contribution in [2.24, 2.45) is 5.29 Å². The van der Waals surface area contributed by atoms with Crippen LogP contribution in [0.15, 0.2) is 5.29 Å². The smallest absolute Gasteiger partial charge is 0.433 e. The van der Waals surface area contributed by atoms with Crippen molar-refractivity contribution in [3.8, 4) is 0 Å². The van der Waals surface area contributed by atoms with Gasteiger partial charge in [-0.25, -0.2) is 4.79 Å². The first kappa shape index (κ1) is 10.9. The Morgan fingerprint density at radius 2 is 2.00 bits per heavy atom. The molecule has 0 aliphatic carbocycles. The molecule has 1 amide bonds. The van der Waals surface area contributed by atoms with Gasteiger partial charge in [0.15, 0.2) is 0 Å². The number of nitrogens with zero attached hydrogens (tertiary/aromatic N) is 2. The molecule has 5 nitrogen and oxygen atoms in total. The fourth-order valence-electron chi connectivity index (χ4n) is 0.614. The molecule has 0 N–H and O–H groups in total. The summed E-state index contributed by atoms with van der Waals surface area (Å²) in [5.41, 5.74) is -0.631. The summed E-state index contributed by atoms with van der Waals surface area (Å²) in [7, 11) is 0. The number of amides is 1. The van der Waals surface area contributed by atoms with E-state index >= 15 is 0 Å². The van der Waals surface area contributed by atoms with Crippen molar-refractivity contribution < 1.29 is 9.53 Å². The quantitative estimate of drug-likeness (QED) is 0.474. The minimum absolute atomic E-state index is 0.237. The molecule has 0 atom stereocenters. The zero-order valence-electron chi connectivity index (χ0n) is 7.83. The maximum Gasteiger partial charge on any atom is 0.433 e. The lowest BCUT2D eigenvalue weighted by molar-refractivity contribution is 0.0719. The largest absolute Gasteiger partial charge is 0.448 e. The topological polar surface area (TPSA) is 59.0 Å². The minimum atomic E-state index is -0.708. The average Bonchev–Trinajstić information content (AvgIpc) is 1.85. The van der Waals surface area contributed by atoms with E-state index in [4.69, 9.17) is 0 Å². The maximum atomic E-state index is 11.0. The molecule has 0 unspecified atom stereocenters. The zero-order valence-corrected chi connectivity index (χ0v) is 7.83. The lowest BCUT2D eigenvalue weighted by Gasteiger charge is -2.26. The number of rotatable bonds is 2. The second kappa shape index (κ2) is 4.04. The highest BCUT2D eigenvalue weighted by Crippen LogP contribution is 2.14. The lowest BCUT2D eigenvalue weighted by atomic mass is 10.1. The Labute approximate surface area is 71.6 Å². The van der Waals surface area contributed by atoms with Gasteiger partial charge in [0.25, 0.3) is 0 Å². The normalized spacial score (nSPS) is 10.7. The molecule has 0 aliphatic rings. The van der Waals surface area contributed by atoms with Crippen molar-refractivity contribution in [2.45, 2.75) is 33.2 Å². The Hall–Kier alpha value is -1.13. The predicted octanol–water partition coefficient (Wildman–Crippen LogP) is 1.92. The van der Waals surface area contributed by atoms with Gasteiger partial charge in [-0.3, -0.25) is 0 Å². The van der Waals surface area contributed by atoms with Gasteiger partial charge in [0, 0.05) is 0 Å². The van der Waals surface area contributed by atoms with Crippen LogP contribution in [-0.2, 0) is 4.74 Å². The Balaban J connectivity index is 4.35. The molecule has 0 aromatic rings. The first-order valence-corrected chi connectivity index (χ1v) is 3.73. The van der Waals surface area contributed by atoms with Crippen molar-refractivity contribution in [1.29, 1.82) is 0 Å². The van der Waals surface area contributed by atoms with Crippen LogP contribution < -0.4 is 0 Å². The zero-order chi connectivity index (χ0) is 9.78. The molecule has 0 rings (SSSR count). The molecule has 0 saturated heterocycles. The summed E-state index contributed by atoms with van der Waals surface area (Å²) in [6.45, 7) is 7.01. The molecule has 0 spiro atoms. The number of ether oxygens (including phenoxy) is 1. The Bertz CT molecular complexity index is 174. The molecule has 0 heterocycles. The third-order valence-electron chi connectivity index (χ3n) is 1.16. The standard InChI is InChI=1S/C7H14N2O3/c1-5-12-6(10)9(8-11)7(2,3)4/h5H2,1-4H3. The monoisotopic (exact) mass is 174 g/mol. The molecule has 0 aromatic carbocycles. The summed E-state index contributed by atoms with van der Waals surface area (Å²) in [4.78, 5) is 21.3. The molecular weight excluding hydrogens is 160 g/mol. The average molecular weight is 174 g/mol. The summed E-state index contributed by atoms with van der Waals surface area (Å²) in [6.07, 6.45) is -0.708. The SMILES string of the molecule is CCOC(=O)N(N=O)C(C)(C)C. The van der Waals surface area contributed by atoms with E-state index in [0.29, 0.717) is 0 Å². The molecule has 0 aliphatic heterocycles. The third kappa shape index (κ3) is 2.86. The van der Waals surface area contributed by atoms with Crippen molar-refractivity contribution in [1.82, 2.24) is 5.01 Å². The first-order chi connectivity index (χ1) is 5.43. The molecule has 0 saturated carbocycles. The van der Waals surface area contributed by atoms with Gasteiger partial charge in [0.05, 0.1) is 17.4 Å². The Morgan fingerprint density at radius 1 is 1.50 bits per heavy atom. The fraction of sp³-hybridized carbons (Fsp3) is 0.857. The number of carbonyl (C=O) groups excluding carboxylic acids is 1. The molecule has 0 radical (unpaired) electrons. The Morgan fingerprint density at radius 3 is 2.25 bits per heavy atom. The third-order valence-corrected chi connectivity index (χ3v) is 1.16. The van der Waals surface area contributed by atoms with Crippen molar-refractivity contribution in [3.63, 3.8) is 0 Å². The second-order valence-corrected chi connectivity index (χ2v) is 3.26. The van der Waals surface area contributed by atoms with Crippen LogP contribution in [0.2, 0.25) is 0 Å². The van der Waals surface area contributed by atoms with Crippen LogP contribution in [0.1, 0.15) is 27.7 Å². The van der Waals surface area contributed by atoms with Crippen LogP contribution in [0.25, 0.3) is 0 Å². The minimum Gasteiger partial charge on any atom is -0.448 e. The van der Waals surface area contributed by atoms with Gasteiger partial charge in [0.1, 0.15) is 0 Å². The summed E-state index contributed by atoms with van der Waals surface area (Å²) in [6, 6.07) is 0. The highest BCUT2D eigenvalue weighted by molar-refractivity contribution is 5.67. The van der Waals surface area contributed by atoms with Crippen LogP contribution in [0.3, 0.4) is 0 Å². The van der Waals surface area contributed by atoms with E-state index in [0.717, 1.165) is 5.01 Å². The van der Waals surface area contributed by atoms with Crippen LogP contribution >= 0.6 is 0 Å².